The number of nitrogens with zero attached hydrogens (tertiary/aromatic N) is 3. The van der Waals surface area contributed by atoms with Gasteiger partial charge in [-0.3, -0.25) is 14.8 Å². The van der Waals surface area contributed by atoms with E-state index in [0.29, 0.717) is 5.96 Å². The fourth-order valence-electron chi connectivity index (χ4n) is 3.76. The Bertz CT molecular complexity index is 583. The molecule has 1 unspecified atom stereocenters. The van der Waals surface area contributed by atoms with Gasteiger partial charge in [-0.2, -0.15) is 0 Å². The molecular weight excluding hydrogens is 264 g/mol. The number of nitrogens with two attached hydrogens (primary N) is 1. The van der Waals surface area contributed by atoms with Crippen molar-refractivity contribution < 1.29 is 4.74 Å². The number of methoxy groups -OCH3 is 1. The third-order valence-corrected chi connectivity index (χ3v) is 4.99. The minimum Gasteiger partial charge on any atom is -0.495 e. The first kappa shape index (κ1) is 13.0. The van der Waals surface area contributed by atoms with E-state index in [0.717, 1.165) is 43.5 Å². The van der Waals surface area contributed by atoms with E-state index in [4.69, 9.17) is 10.5 Å². The Kier molecular flexibility index (Phi) is 2.85. The van der Waals surface area contributed by atoms with Gasteiger partial charge in [0.15, 0.2) is 5.96 Å². The van der Waals surface area contributed by atoms with Gasteiger partial charge in [0.05, 0.1) is 24.9 Å². The molecule has 21 heavy (non-hydrogen) atoms. The average molecular weight is 286 g/mol. The minimum absolute atomic E-state index is 0.0152. The first-order valence-electron chi connectivity index (χ1n) is 7.71. The van der Waals surface area contributed by atoms with Crippen molar-refractivity contribution in [3.63, 3.8) is 0 Å². The summed E-state index contributed by atoms with van der Waals surface area (Å²) in [5, 5.41) is 0. The van der Waals surface area contributed by atoms with Crippen molar-refractivity contribution >= 4 is 11.6 Å². The molecule has 1 aliphatic carbocycles. The zero-order chi connectivity index (χ0) is 14.4. The standard InChI is InChI=1S/C16H22N4O/c1-21-14-5-3-2-4-13(14)20-15(17)18-10-16(20)8-9-19(11-16)12-6-7-12/h2-5,12H,6-11H2,1H3,(H2,17,18). The number of guanidine groups is 1. The van der Waals surface area contributed by atoms with E-state index in [9.17, 15) is 0 Å². The van der Waals surface area contributed by atoms with Crippen LogP contribution in [0.1, 0.15) is 19.3 Å². The van der Waals surface area contributed by atoms with Gasteiger partial charge >= 0.3 is 0 Å². The van der Waals surface area contributed by atoms with Gasteiger partial charge in [-0.1, -0.05) is 12.1 Å². The number of likely N-dealkylation sites (tertiary alicyclic amines) is 1. The van der Waals surface area contributed by atoms with Gasteiger partial charge < -0.3 is 10.5 Å². The summed E-state index contributed by atoms with van der Waals surface area (Å²) in [4.78, 5) is 9.38. The molecule has 1 saturated carbocycles. The summed E-state index contributed by atoms with van der Waals surface area (Å²) < 4.78 is 5.53. The van der Waals surface area contributed by atoms with E-state index < -0.39 is 0 Å². The largest absolute Gasteiger partial charge is 0.495 e. The van der Waals surface area contributed by atoms with E-state index in [1.165, 1.54) is 12.8 Å². The van der Waals surface area contributed by atoms with Crippen LogP contribution in [0.25, 0.3) is 0 Å². The van der Waals surface area contributed by atoms with Gasteiger partial charge in [0.25, 0.3) is 0 Å². The molecule has 3 aliphatic rings. The Morgan fingerprint density at radius 3 is 2.90 bits per heavy atom. The van der Waals surface area contributed by atoms with Crippen LogP contribution in [-0.4, -0.2) is 49.2 Å². The molecule has 1 aromatic rings. The summed E-state index contributed by atoms with van der Waals surface area (Å²) in [6.07, 6.45) is 3.81. The summed E-state index contributed by atoms with van der Waals surface area (Å²) in [5.74, 6) is 1.49. The van der Waals surface area contributed by atoms with Crippen LogP contribution < -0.4 is 15.4 Å². The average Bonchev–Trinajstić information content (AvgIpc) is 3.21. The third kappa shape index (κ3) is 1.99. The zero-order valence-electron chi connectivity index (χ0n) is 12.5. The lowest BCUT2D eigenvalue weighted by atomic mass is 9.96. The van der Waals surface area contributed by atoms with Crippen LogP contribution in [0.3, 0.4) is 0 Å². The van der Waals surface area contributed by atoms with Gasteiger partial charge in [-0.05, 0) is 31.4 Å². The number of para-hydroxylation sites is 2. The quantitative estimate of drug-likeness (QED) is 0.913. The number of ether oxygens (including phenoxy) is 1. The molecule has 0 amide bonds. The molecule has 1 saturated heterocycles. The van der Waals surface area contributed by atoms with Crippen LogP contribution in [0.5, 0.6) is 5.75 Å². The fraction of sp³-hybridized carbons (Fsp3) is 0.562. The van der Waals surface area contributed by atoms with E-state index in [-0.39, 0.29) is 5.54 Å². The molecular formula is C16H22N4O. The van der Waals surface area contributed by atoms with Crippen molar-refractivity contribution in [2.24, 2.45) is 10.7 Å². The van der Waals surface area contributed by atoms with Crippen LogP contribution in [0.15, 0.2) is 29.3 Å². The summed E-state index contributed by atoms with van der Waals surface area (Å²) >= 11 is 0. The number of hydrogen-bond donors (Lipinski definition) is 1. The van der Waals surface area contributed by atoms with Crippen LogP contribution in [0, 0.1) is 0 Å². The number of rotatable bonds is 3. The topological polar surface area (TPSA) is 54.1 Å². The molecule has 2 fully saturated rings. The van der Waals surface area contributed by atoms with Crippen LogP contribution >= 0.6 is 0 Å². The predicted molar refractivity (Wildman–Crippen MR) is 83.9 cm³/mol. The number of benzene rings is 1. The van der Waals surface area contributed by atoms with Gasteiger partial charge in [0.2, 0.25) is 0 Å². The van der Waals surface area contributed by atoms with Crippen molar-refractivity contribution in [3.05, 3.63) is 24.3 Å². The van der Waals surface area contributed by atoms with Crippen LogP contribution in [0.4, 0.5) is 5.69 Å². The lowest BCUT2D eigenvalue weighted by molar-refractivity contribution is 0.306. The van der Waals surface area contributed by atoms with Gasteiger partial charge in [0, 0.05) is 19.1 Å². The molecule has 2 aliphatic heterocycles. The Hall–Kier alpha value is -1.75. The highest BCUT2D eigenvalue weighted by atomic mass is 16.5. The molecule has 0 radical (unpaired) electrons. The summed E-state index contributed by atoms with van der Waals surface area (Å²) in [5.41, 5.74) is 7.28. The van der Waals surface area contributed by atoms with E-state index >= 15 is 0 Å². The maximum Gasteiger partial charge on any atom is 0.196 e. The minimum atomic E-state index is 0.0152. The summed E-state index contributed by atoms with van der Waals surface area (Å²) in [6.45, 7) is 3.00. The lowest BCUT2D eigenvalue weighted by Crippen LogP contribution is -2.54. The van der Waals surface area contributed by atoms with Crippen LogP contribution in [0.2, 0.25) is 0 Å². The van der Waals surface area contributed by atoms with Crippen molar-refractivity contribution in [2.75, 3.05) is 31.6 Å². The number of anilines is 1. The first-order valence-corrected chi connectivity index (χ1v) is 7.71. The third-order valence-electron chi connectivity index (χ3n) is 4.99. The smallest absolute Gasteiger partial charge is 0.196 e. The molecule has 2 N–H and O–H groups in total. The summed E-state index contributed by atoms with van der Waals surface area (Å²) in [7, 11) is 1.71. The SMILES string of the molecule is COc1ccccc1N1C(N)=NCC12CCN(C1CC1)C2. The Labute approximate surface area is 125 Å². The Morgan fingerprint density at radius 1 is 1.33 bits per heavy atom. The van der Waals surface area contributed by atoms with Crippen molar-refractivity contribution in [1.29, 1.82) is 0 Å². The van der Waals surface area contributed by atoms with Crippen molar-refractivity contribution in [3.8, 4) is 5.75 Å². The highest BCUT2D eigenvalue weighted by Crippen LogP contribution is 2.42. The Morgan fingerprint density at radius 2 is 2.14 bits per heavy atom. The van der Waals surface area contributed by atoms with Gasteiger partial charge in [-0.25, -0.2) is 0 Å². The molecule has 1 atom stereocenters. The maximum atomic E-state index is 6.23. The second kappa shape index (κ2) is 4.63. The molecule has 2 heterocycles. The van der Waals surface area contributed by atoms with Crippen LogP contribution in [-0.2, 0) is 0 Å². The zero-order valence-corrected chi connectivity index (χ0v) is 12.5. The van der Waals surface area contributed by atoms with E-state index in [2.05, 4.69) is 20.9 Å². The molecule has 1 aromatic carbocycles. The van der Waals surface area contributed by atoms with Gasteiger partial charge in [0.1, 0.15) is 5.75 Å². The lowest BCUT2D eigenvalue weighted by Gasteiger charge is -2.36. The second-order valence-electron chi connectivity index (χ2n) is 6.36. The van der Waals surface area contributed by atoms with Crippen molar-refractivity contribution in [2.45, 2.75) is 30.8 Å². The molecule has 5 heteroatoms. The summed E-state index contributed by atoms with van der Waals surface area (Å²) in [6, 6.07) is 8.88. The molecule has 1 spiro atoms. The monoisotopic (exact) mass is 286 g/mol. The highest BCUT2D eigenvalue weighted by Gasteiger charge is 2.51. The molecule has 5 nitrogen and oxygen atoms in total. The fourth-order valence-corrected chi connectivity index (χ4v) is 3.76. The predicted octanol–water partition coefficient (Wildman–Crippen LogP) is 1.44. The molecule has 0 bridgehead atoms. The Balaban J connectivity index is 1.69. The maximum absolute atomic E-state index is 6.23. The number of hydrogen-bond acceptors (Lipinski definition) is 5. The van der Waals surface area contributed by atoms with E-state index in [1.807, 2.05) is 18.2 Å². The second-order valence-corrected chi connectivity index (χ2v) is 6.36. The van der Waals surface area contributed by atoms with Gasteiger partial charge in [-0.15, -0.1) is 0 Å². The van der Waals surface area contributed by atoms with E-state index in [1.54, 1.807) is 7.11 Å². The molecule has 112 valence electrons. The normalized spacial score (nSPS) is 29.2. The molecule has 0 aromatic heterocycles. The first-order chi connectivity index (χ1) is 10.2. The van der Waals surface area contributed by atoms with Crippen molar-refractivity contribution in [1.82, 2.24) is 4.90 Å². The highest BCUT2D eigenvalue weighted by molar-refractivity contribution is 5.99. The number of aliphatic imine (C=N–C) groups is 1. The molecule has 4 rings (SSSR count).